The molecule has 3 heterocycles. The highest BCUT2D eigenvalue weighted by Gasteiger charge is 2.33. The molecular formula is C15H20N4. The van der Waals surface area contributed by atoms with Crippen LogP contribution in [0.1, 0.15) is 31.7 Å². The van der Waals surface area contributed by atoms with Crippen molar-refractivity contribution in [2.75, 3.05) is 18.8 Å². The summed E-state index contributed by atoms with van der Waals surface area (Å²) in [6.07, 6.45) is 5.13. The van der Waals surface area contributed by atoms with Gasteiger partial charge < -0.3 is 15.2 Å². The van der Waals surface area contributed by atoms with Gasteiger partial charge in [0.1, 0.15) is 0 Å². The molecule has 1 aromatic heterocycles. The van der Waals surface area contributed by atoms with Gasteiger partial charge in [0.25, 0.3) is 0 Å². The Kier molecular flexibility index (Phi) is 2.52. The third-order valence-corrected chi connectivity index (χ3v) is 4.78. The van der Waals surface area contributed by atoms with Gasteiger partial charge in [-0.05, 0) is 44.4 Å². The van der Waals surface area contributed by atoms with E-state index in [1.807, 2.05) is 12.1 Å². The molecule has 2 unspecified atom stereocenters. The van der Waals surface area contributed by atoms with E-state index in [4.69, 9.17) is 5.73 Å². The average Bonchev–Trinajstić information content (AvgIpc) is 3.00. The van der Waals surface area contributed by atoms with Crippen LogP contribution in [0.3, 0.4) is 0 Å². The van der Waals surface area contributed by atoms with Gasteiger partial charge in [0.15, 0.2) is 0 Å². The van der Waals surface area contributed by atoms with Crippen molar-refractivity contribution in [3.63, 3.8) is 0 Å². The molecule has 4 rings (SSSR count). The molecule has 0 amide bonds. The molecular weight excluding hydrogens is 236 g/mol. The monoisotopic (exact) mass is 256 g/mol. The van der Waals surface area contributed by atoms with Crippen LogP contribution < -0.4 is 5.73 Å². The lowest BCUT2D eigenvalue weighted by Crippen LogP contribution is -2.38. The zero-order chi connectivity index (χ0) is 12.8. The number of rotatable bonds is 1. The molecule has 0 bridgehead atoms. The Morgan fingerprint density at radius 1 is 1.11 bits per heavy atom. The van der Waals surface area contributed by atoms with Crippen molar-refractivity contribution in [3.8, 4) is 0 Å². The molecule has 0 radical (unpaired) electrons. The van der Waals surface area contributed by atoms with E-state index in [0.717, 1.165) is 11.6 Å². The summed E-state index contributed by atoms with van der Waals surface area (Å²) < 4.78 is 2.27. The summed E-state index contributed by atoms with van der Waals surface area (Å²) in [5.74, 6) is 0.678. The van der Waals surface area contributed by atoms with Crippen LogP contribution >= 0.6 is 0 Å². The van der Waals surface area contributed by atoms with Gasteiger partial charge in [0.2, 0.25) is 5.95 Å². The molecule has 4 nitrogen and oxygen atoms in total. The van der Waals surface area contributed by atoms with E-state index in [-0.39, 0.29) is 0 Å². The summed E-state index contributed by atoms with van der Waals surface area (Å²) in [5.41, 5.74) is 8.37. The zero-order valence-electron chi connectivity index (χ0n) is 11.1. The van der Waals surface area contributed by atoms with Crippen molar-refractivity contribution >= 4 is 17.0 Å². The van der Waals surface area contributed by atoms with Crippen LogP contribution in [0.15, 0.2) is 24.3 Å². The molecule has 1 aromatic carbocycles. The summed E-state index contributed by atoms with van der Waals surface area (Å²) in [6, 6.07) is 9.57. The second-order valence-electron chi connectivity index (χ2n) is 5.84. The van der Waals surface area contributed by atoms with Crippen LogP contribution in [0.5, 0.6) is 0 Å². The van der Waals surface area contributed by atoms with E-state index in [0.29, 0.717) is 12.0 Å². The number of aromatic nitrogens is 2. The molecule has 2 atom stereocenters. The largest absolute Gasteiger partial charge is 0.369 e. The fraction of sp³-hybridized carbons (Fsp3) is 0.533. The second kappa shape index (κ2) is 4.23. The summed E-state index contributed by atoms with van der Waals surface area (Å²) >= 11 is 0. The molecule has 2 aliphatic heterocycles. The zero-order valence-corrected chi connectivity index (χ0v) is 11.1. The summed E-state index contributed by atoms with van der Waals surface area (Å²) in [5, 5.41) is 0. The van der Waals surface area contributed by atoms with Crippen LogP contribution in [0, 0.1) is 0 Å². The van der Waals surface area contributed by atoms with E-state index >= 15 is 0 Å². The number of imidazole rings is 1. The Bertz CT molecular complexity index is 603. The maximum atomic E-state index is 6.16. The van der Waals surface area contributed by atoms with Crippen molar-refractivity contribution in [2.24, 2.45) is 0 Å². The topological polar surface area (TPSA) is 47.1 Å². The number of benzene rings is 1. The number of fused-ring (bicyclic) bond motifs is 2. The minimum atomic E-state index is 0.520. The Hall–Kier alpha value is -1.55. The van der Waals surface area contributed by atoms with E-state index in [9.17, 15) is 0 Å². The Labute approximate surface area is 113 Å². The quantitative estimate of drug-likeness (QED) is 0.852. The lowest BCUT2D eigenvalue weighted by molar-refractivity contribution is 0.158. The van der Waals surface area contributed by atoms with Crippen LogP contribution in [0.4, 0.5) is 5.95 Å². The molecule has 0 aliphatic carbocycles. The number of hydrogen-bond donors (Lipinski definition) is 1. The lowest BCUT2D eigenvalue weighted by atomic mass is 9.97. The number of nitrogen functional groups attached to an aromatic ring is 1. The van der Waals surface area contributed by atoms with Gasteiger partial charge in [-0.3, -0.25) is 0 Å². The first-order valence-corrected chi connectivity index (χ1v) is 7.29. The summed E-state index contributed by atoms with van der Waals surface area (Å²) in [4.78, 5) is 7.15. The van der Waals surface area contributed by atoms with Gasteiger partial charge in [0, 0.05) is 18.6 Å². The predicted octanol–water partition coefficient (Wildman–Crippen LogP) is 2.42. The van der Waals surface area contributed by atoms with Crippen molar-refractivity contribution in [3.05, 3.63) is 24.3 Å². The minimum Gasteiger partial charge on any atom is -0.369 e. The van der Waals surface area contributed by atoms with Gasteiger partial charge >= 0.3 is 0 Å². The van der Waals surface area contributed by atoms with Crippen molar-refractivity contribution < 1.29 is 0 Å². The molecule has 2 fully saturated rings. The number of nitrogens with two attached hydrogens (primary N) is 1. The SMILES string of the molecule is Nc1nc2ccccc2n1C1CCN2CCCC2C1. The Morgan fingerprint density at radius 2 is 2.00 bits per heavy atom. The number of para-hydroxylation sites is 2. The number of anilines is 1. The molecule has 19 heavy (non-hydrogen) atoms. The second-order valence-corrected chi connectivity index (χ2v) is 5.84. The number of piperidine rings is 1. The third-order valence-electron chi connectivity index (χ3n) is 4.78. The van der Waals surface area contributed by atoms with Crippen LogP contribution in [-0.2, 0) is 0 Å². The van der Waals surface area contributed by atoms with Gasteiger partial charge in [-0.2, -0.15) is 0 Å². The number of hydrogen-bond acceptors (Lipinski definition) is 3. The summed E-state index contributed by atoms with van der Waals surface area (Å²) in [6.45, 7) is 2.50. The standard InChI is InChI=1S/C15H20N4/c16-15-17-13-5-1-2-6-14(13)19(15)12-7-9-18-8-3-4-11(18)10-12/h1-2,5-6,11-12H,3-4,7-10H2,(H2,16,17). The third kappa shape index (κ3) is 1.74. The highest BCUT2D eigenvalue weighted by molar-refractivity contribution is 5.78. The van der Waals surface area contributed by atoms with E-state index in [1.54, 1.807) is 0 Å². The Balaban J connectivity index is 1.72. The first-order valence-electron chi connectivity index (χ1n) is 7.29. The fourth-order valence-electron chi connectivity index (χ4n) is 3.88. The van der Waals surface area contributed by atoms with Gasteiger partial charge in [0.05, 0.1) is 11.0 Å². The molecule has 2 saturated heterocycles. The average molecular weight is 256 g/mol. The molecule has 2 aliphatic rings. The molecule has 0 saturated carbocycles. The fourth-order valence-corrected chi connectivity index (χ4v) is 3.88. The first-order chi connectivity index (χ1) is 9.33. The van der Waals surface area contributed by atoms with Crippen LogP contribution in [-0.4, -0.2) is 33.6 Å². The first kappa shape index (κ1) is 11.3. The van der Waals surface area contributed by atoms with Crippen molar-refractivity contribution in [1.82, 2.24) is 14.5 Å². The highest BCUT2D eigenvalue weighted by Crippen LogP contribution is 2.36. The van der Waals surface area contributed by atoms with Crippen LogP contribution in [0.25, 0.3) is 11.0 Å². The van der Waals surface area contributed by atoms with Crippen molar-refractivity contribution in [1.29, 1.82) is 0 Å². The van der Waals surface area contributed by atoms with E-state index in [2.05, 4.69) is 26.6 Å². The molecule has 0 spiro atoms. The molecule has 4 heteroatoms. The van der Waals surface area contributed by atoms with Gasteiger partial charge in [-0.1, -0.05) is 12.1 Å². The normalized spacial score (nSPS) is 27.8. The number of nitrogens with zero attached hydrogens (tertiary/aromatic N) is 3. The minimum absolute atomic E-state index is 0.520. The molecule has 2 N–H and O–H groups in total. The van der Waals surface area contributed by atoms with Gasteiger partial charge in [-0.15, -0.1) is 0 Å². The summed E-state index contributed by atoms with van der Waals surface area (Å²) in [7, 11) is 0. The highest BCUT2D eigenvalue weighted by atomic mass is 15.2. The van der Waals surface area contributed by atoms with Crippen molar-refractivity contribution in [2.45, 2.75) is 37.8 Å². The van der Waals surface area contributed by atoms with Gasteiger partial charge in [-0.25, -0.2) is 4.98 Å². The maximum Gasteiger partial charge on any atom is 0.201 e. The molecule has 2 aromatic rings. The van der Waals surface area contributed by atoms with Crippen LogP contribution in [0.2, 0.25) is 0 Å². The smallest absolute Gasteiger partial charge is 0.201 e. The molecule has 100 valence electrons. The maximum absolute atomic E-state index is 6.16. The van der Waals surface area contributed by atoms with E-state index in [1.165, 1.54) is 44.3 Å². The Morgan fingerprint density at radius 3 is 2.95 bits per heavy atom. The lowest BCUT2D eigenvalue weighted by Gasteiger charge is -2.35. The van der Waals surface area contributed by atoms with E-state index < -0.39 is 0 Å². The predicted molar refractivity (Wildman–Crippen MR) is 77.0 cm³/mol.